The molecule has 0 atom stereocenters. The van der Waals surface area contributed by atoms with Crippen molar-refractivity contribution in [2.45, 2.75) is 19.3 Å². The topological polar surface area (TPSA) is 91.1 Å². The first-order valence-corrected chi connectivity index (χ1v) is 5.48. The Kier molecular flexibility index (Phi) is 2.87. The van der Waals surface area contributed by atoms with Gasteiger partial charge in [-0.3, -0.25) is 4.79 Å². The molecule has 16 heavy (non-hydrogen) atoms. The minimum atomic E-state index is -0.138. The fraction of sp³-hybridized carbons (Fsp3) is 0.545. The molecule has 1 aromatic rings. The van der Waals surface area contributed by atoms with E-state index in [-0.39, 0.29) is 17.9 Å². The molecule has 0 spiro atoms. The van der Waals surface area contributed by atoms with Gasteiger partial charge in [-0.1, -0.05) is 0 Å². The first-order valence-electron chi connectivity index (χ1n) is 5.48. The predicted molar refractivity (Wildman–Crippen MR) is 60.9 cm³/mol. The number of aliphatic hydroxyl groups excluding tert-OH is 1. The molecule has 1 fully saturated rings. The quantitative estimate of drug-likeness (QED) is 0.585. The maximum atomic E-state index is 11.7. The second kappa shape index (κ2) is 4.17. The number of aliphatic hydroxyl groups is 1. The number of hydrogen-bond donors (Lipinski definition) is 4. The lowest BCUT2D eigenvalue weighted by atomic mass is 10.0. The van der Waals surface area contributed by atoms with Gasteiger partial charge < -0.3 is 21.1 Å². The third-order valence-corrected chi connectivity index (χ3v) is 3.17. The molecule has 0 unspecified atom stereocenters. The van der Waals surface area contributed by atoms with Gasteiger partial charge in [0.2, 0.25) is 0 Å². The van der Waals surface area contributed by atoms with E-state index in [4.69, 9.17) is 10.8 Å². The second-order valence-electron chi connectivity index (χ2n) is 4.50. The largest absolute Gasteiger partial charge is 0.397 e. The molecule has 0 aliphatic heterocycles. The molecule has 1 aliphatic rings. The van der Waals surface area contributed by atoms with E-state index >= 15 is 0 Å². The summed E-state index contributed by atoms with van der Waals surface area (Å²) in [4.78, 5) is 14.5. The molecule has 88 valence electrons. The van der Waals surface area contributed by atoms with Crippen molar-refractivity contribution in [1.29, 1.82) is 0 Å². The first-order chi connectivity index (χ1) is 7.65. The van der Waals surface area contributed by atoms with Crippen LogP contribution in [0, 0.1) is 5.41 Å². The average molecular weight is 223 g/mol. The van der Waals surface area contributed by atoms with Gasteiger partial charge in [0.25, 0.3) is 5.91 Å². The van der Waals surface area contributed by atoms with E-state index < -0.39 is 0 Å². The van der Waals surface area contributed by atoms with Gasteiger partial charge in [0.05, 0.1) is 0 Å². The second-order valence-corrected chi connectivity index (χ2v) is 4.50. The molecule has 1 aliphatic carbocycles. The van der Waals surface area contributed by atoms with Crippen LogP contribution in [0.4, 0.5) is 5.69 Å². The van der Waals surface area contributed by atoms with E-state index in [9.17, 15) is 4.79 Å². The number of nitrogen functional groups attached to an aromatic ring is 1. The molecular weight excluding hydrogens is 206 g/mol. The lowest BCUT2D eigenvalue weighted by Crippen LogP contribution is -2.30. The number of carbonyl (C=O) groups is 1. The Labute approximate surface area is 94.0 Å². The van der Waals surface area contributed by atoms with Crippen LogP contribution in [0.1, 0.15) is 29.8 Å². The van der Waals surface area contributed by atoms with Gasteiger partial charge in [-0.05, 0) is 30.7 Å². The van der Waals surface area contributed by atoms with Gasteiger partial charge in [-0.2, -0.15) is 0 Å². The lowest BCUT2D eigenvalue weighted by Gasteiger charge is -2.13. The Hall–Kier alpha value is -1.49. The highest BCUT2D eigenvalue weighted by Gasteiger charge is 2.41. The summed E-state index contributed by atoms with van der Waals surface area (Å²) in [6.45, 7) is 0.816. The van der Waals surface area contributed by atoms with Gasteiger partial charge in [-0.15, -0.1) is 0 Å². The number of carbonyl (C=O) groups excluding carboxylic acids is 1. The Morgan fingerprint density at radius 2 is 2.38 bits per heavy atom. The third-order valence-electron chi connectivity index (χ3n) is 3.17. The zero-order valence-electron chi connectivity index (χ0n) is 9.12. The standard InChI is InChI=1S/C11H17N3O2/c12-8-5-9(13-6-8)10(16)14-7-11(1-2-11)3-4-15/h5-6,13,15H,1-4,7,12H2,(H,14,16). The summed E-state index contributed by atoms with van der Waals surface area (Å²) in [7, 11) is 0. The Morgan fingerprint density at radius 1 is 1.62 bits per heavy atom. The minimum Gasteiger partial charge on any atom is -0.397 e. The van der Waals surface area contributed by atoms with Gasteiger partial charge in [-0.25, -0.2) is 0 Å². The summed E-state index contributed by atoms with van der Waals surface area (Å²) in [5.41, 5.74) is 6.70. The molecule has 0 saturated heterocycles. The van der Waals surface area contributed by atoms with Gasteiger partial charge >= 0.3 is 0 Å². The summed E-state index contributed by atoms with van der Waals surface area (Å²) in [6.07, 6.45) is 4.52. The highest BCUT2D eigenvalue weighted by Crippen LogP contribution is 2.47. The highest BCUT2D eigenvalue weighted by molar-refractivity contribution is 5.93. The minimum absolute atomic E-state index is 0.138. The van der Waals surface area contributed by atoms with Crippen LogP contribution in [0.15, 0.2) is 12.3 Å². The van der Waals surface area contributed by atoms with Gasteiger partial charge in [0.1, 0.15) is 5.69 Å². The number of hydrogen-bond acceptors (Lipinski definition) is 3. The molecule has 1 saturated carbocycles. The normalized spacial score (nSPS) is 17.1. The molecule has 5 heteroatoms. The van der Waals surface area contributed by atoms with E-state index in [0.29, 0.717) is 17.9 Å². The first kappa shape index (κ1) is 11.0. The van der Waals surface area contributed by atoms with Crippen LogP contribution < -0.4 is 11.1 Å². The average Bonchev–Trinajstić information content (AvgIpc) is 2.89. The van der Waals surface area contributed by atoms with E-state index in [2.05, 4.69) is 10.3 Å². The molecule has 1 aromatic heterocycles. The van der Waals surface area contributed by atoms with Crippen LogP contribution in [0.5, 0.6) is 0 Å². The molecule has 5 nitrogen and oxygen atoms in total. The van der Waals surface area contributed by atoms with E-state index in [0.717, 1.165) is 19.3 Å². The van der Waals surface area contributed by atoms with Crippen LogP contribution in [0.2, 0.25) is 0 Å². The van der Waals surface area contributed by atoms with Crippen molar-refractivity contribution in [1.82, 2.24) is 10.3 Å². The number of aromatic amines is 1. The Morgan fingerprint density at radius 3 is 2.88 bits per heavy atom. The molecule has 0 aromatic carbocycles. The summed E-state index contributed by atoms with van der Waals surface area (Å²) in [5, 5.41) is 11.8. The predicted octanol–water partition coefficient (Wildman–Crippen LogP) is 0.489. The van der Waals surface area contributed by atoms with Crippen molar-refractivity contribution >= 4 is 11.6 Å². The van der Waals surface area contributed by atoms with Crippen molar-refractivity contribution in [3.63, 3.8) is 0 Å². The Balaban J connectivity index is 1.84. The SMILES string of the molecule is Nc1c[nH]c(C(=O)NCC2(CCO)CC2)c1. The highest BCUT2D eigenvalue weighted by atomic mass is 16.3. The smallest absolute Gasteiger partial charge is 0.267 e. The number of rotatable bonds is 5. The van der Waals surface area contributed by atoms with E-state index in [1.165, 1.54) is 0 Å². The van der Waals surface area contributed by atoms with Gasteiger partial charge in [0.15, 0.2) is 0 Å². The number of nitrogens with two attached hydrogens (primary N) is 1. The summed E-state index contributed by atoms with van der Waals surface area (Å²) >= 11 is 0. The maximum Gasteiger partial charge on any atom is 0.267 e. The Bertz CT molecular complexity index is 382. The molecule has 1 heterocycles. The fourth-order valence-electron chi connectivity index (χ4n) is 1.83. The van der Waals surface area contributed by atoms with Crippen LogP contribution in [0.3, 0.4) is 0 Å². The van der Waals surface area contributed by atoms with Crippen molar-refractivity contribution in [3.8, 4) is 0 Å². The fourth-order valence-corrected chi connectivity index (χ4v) is 1.83. The molecule has 1 amide bonds. The van der Waals surface area contributed by atoms with Crippen LogP contribution in [-0.4, -0.2) is 29.1 Å². The van der Waals surface area contributed by atoms with Crippen molar-refractivity contribution in [3.05, 3.63) is 18.0 Å². The molecule has 0 bridgehead atoms. The van der Waals surface area contributed by atoms with E-state index in [1.807, 2.05) is 0 Å². The van der Waals surface area contributed by atoms with E-state index in [1.54, 1.807) is 12.3 Å². The summed E-state index contributed by atoms with van der Waals surface area (Å²) < 4.78 is 0. The van der Waals surface area contributed by atoms with Gasteiger partial charge in [0, 0.05) is 25.0 Å². The van der Waals surface area contributed by atoms with Crippen LogP contribution in [-0.2, 0) is 0 Å². The summed E-state index contributed by atoms with van der Waals surface area (Å²) in [5.74, 6) is -0.138. The lowest BCUT2D eigenvalue weighted by molar-refractivity contribution is 0.0936. The number of H-pyrrole nitrogens is 1. The number of aromatic nitrogens is 1. The number of nitrogens with one attached hydrogen (secondary N) is 2. The van der Waals surface area contributed by atoms with Crippen molar-refractivity contribution < 1.29 is 9.90 Å². The van der Waals surface area contributed by atoms with Crippen LogP contribution in [0.25, 0.3) is 0 Å². The molecule has 0 radical (unpaired) electrons. The van der Waals surface area contributed by atoms with Crippen molar-refractivity contribution in [2.24, 2.45) is 5.41 Å². The zero-order chi connectivity index (χ0) is 11.6. The molecule has 2 rings (SSSR count). The molecular formula is C11H17N3O2. The number of anilines is 1. The summed E-state index contributed by atoms with van der Waals surface area (Å²) in [6, 6.07) is 1.61. The maximum absolute atomic E-state index is 11.7. The zero-order valence-corrected chi connectivity index (χ0v) is 9.12. The monoisotopic (exact) mass is 223 g/mol. The third kappa shape index (κ3) is 2.36. The molecule has 5 N–H and O–H groups in total. The van der Waals surface area contributed by atoms with Crippen molar-refractivity contribution in [2.75, 3.05) is 18.9 Å². The van der Waals surface area contributed by atoms with Crippen LogP contribution >= 0.6 is 0 Å². The number of amides is 1.